The van der Waals surface area contributed by atoms with Crippen molar-refractivity contribution in [3.63, 3.8) is 0 Å². The largest absolute Gasteiger partial charge is 0.494 e. The van der Waals surface area contributed by atoms with Crippen molar-refractivity contribution < 1.29 is 9.53 Å². The third kappa shape index (κ3) is 3.41. The minimum absolute atomic E-state index is 0.0536. The minimum atomic E-state index is -0.0536. The highest BCUT2D eigenvalue weighted by molar-refractivity contribution is 6.22. The van der Waals surface area contributed by atoms with Crippen molar-refractivity contribution in [2.45, 2.75) is 38.1 Å². The highest BCUT2D eigenvalue weighted by Gasteiger charge is 2.31. The molecule has 3 nitrogen and oxygen atoms in total. The number of halogens is 1. The second-order valence-corrected chi connectivity index (χ2v) is 5.56. The van der Waals surface area contributed by atoms with Crippen LogP contribution in [0.15, 0.2) is 24.3 Å². The Kier molecular flexibility index (Phi) is 4.70. The van der Waals surface area contributed by atoms with Crippen LogP contribution >= 0.6 is 11.6 Å². The van der Waals surface area contributed by atoms with Crippen molar-refractivity contribution in [1.82, 2.24) is 4.90 Å². The molecule has 1 heterocycles. The lowest BCUT2D eigenvalue weighted by Crippen LogP contribution is -2.28. The Morgan fingerprint density at radius 1 is 1.42 bits per heavy atom. The van der Waals surface area contributed by atoms with Gasteiger partial charge in [-0.2, -0.15) is 0 Å². The summed E-state index contributed by atoms with van der Waals surface area (Å²) in [5, 5.41) is -0.0536. The molecule has 0 aromatic heterocycles. The molecule has 1 saturated heterocycles. The van der Waals surface area contributed by atoms with Gasteiger partial charge in [0, 0.05) is 13.0 Å². The number of carbonyl (C=O) groups is 1. The number of amides is 1. The van der Waals surface area contributed by atoms with Crippen molar-refractivity contribution in [2.24, 2.45) is 0 Å². The smallest absolute Gasteiger partial charge is 0.224 e. The number of rotatable bonds is 5. The fourth-order valence-electron chi connectivity index (χ4n) is 2.30. The van der Waals surface area contributed by atoms with Crippen LogP contribution in [0, 0.1) is 0 Å². The third-order valence-corrected chi connectivity index (χ3v) is 3.71. The normalized spacial score (nSPS) is 20.7. The highest BCUT2D eigenvalue weighted by Crippen LogP contribution is 2.28. The molecule has 0 saturated carbocycles. The van der Waals surface area contributed by atoms with Crippen molar-refractivity contribution in [1.29, 1.82) is 0 Å². The molecule has 2 rings (SSSR count). The number of hydrogen-bond donors (Lipinski definition) is 0. The molecule has 0 N–H and O–H groups in total. The van der Waals surface area contributed by atoms with Crippen LogP contribution in [0.3, 0.4) is 0 Å². The molecular formula is C15H20ClNO2. The lowest BCUT2D eigenvalue weighted by atomic mass is 10.1. The van der Waals surface area contributed by atoms with Crippen LogP contribution in [0.25, 0.3) is 0 Å². The second-order valence-electron chi connectivity index (χ2n) is 4.94. The van der Waals surface area contributed by atoms with E-state index in [9.17, 15) is 4.79 Å². The van der Waals surface area contributed by atoms with Gasteiger partial charge in [0.1, 0.15) is 5.75 Å². The Labute approximate surface area is 119 Å². The van der Waals surface area contributed by atoms with Gasteiger partial charge in [-0.1, -0.05) is 19.1 Å². The maximum atomic E-state index is 11.8. The van der Waals surface area contributed by atoms with Crippen LogP contribution in [0.1, 0.15) is 38.3 Å². The van der Waals surface area contributed by atoms with E-state index in [0.717, 1.165) is 24.3 Å². The first-order valence-electron chi connectivity index (χ1n) is 6.78. The Morgan fingerprint density at radius 3 is 2.63 bits per heavy atom. The van der Waals surface area contributed by atoms with Crippen molar-refractivity contribution in [3.8, 4) is 5.75 Å². The quantitative estimate of drug-likeness (QED) is 0.775. The van der Waals surface area contributed by atoms with E-state index in [2.05, 4.69) is 6.92 Å². The van der Waals surface area contributed by atoms with Crippen molar-refractivity contribution in [2.75, 3.05) is 13.2 Å². The van der Waals surface area contributed by atoms with Gasteiger partial charge in [-0.3, -0.25) is 4.79 Å². The van der Waals surface area contributed by atoms with Crippen LogP contribution in [0.2, 0.25) is 0 Å². The van der Waals surface area contributed by atoms with E-state index in [4.69, 9.17) is 16.3 Å². The first-order valence-corrected chi connectivity index (χ1v) is 7.21. The average molecular weight is 282 g/mol. The first-order chi connectivity index (χ1) is 9.11. The Morgan fingerprint density at radius 2 is 2.11 bits per heavy atom. The standard InChI is InChI=1S/C15H20ClNO2/c1-3-8-19-14-6-4-12(5-7-14)11(2)17-10-13(16)9-15(17)18/h4-7,11,13H,3,8-10H2,1-2H3. The fourth-order valence-corrected chi connectivity index (χ4v) is 2.58. The van der Waals surface area contributed by atoms with Crippen LogP contribution in [0.4, 0.5) is 0 Å². The molecular weight excluding hydrogens is 262 g/mol. The van der Waals surface area contributed by atoms with E-state index in [1.54, 1.807) is 0 Å². The third-order valence-electron chi connectivity index (χ3n) is 3.41. The molecule has 1 aromatic carbocycles. The summed E-state index contributed by atoms with van der Waals surface area (Å²) in [5.41, 5.74) is 1.11. The van der Waals surface area contributed by atoms with E-state index in [0.29, 0.717) is 13.0 Å². The van der Waals surface area contributed by atoms with Gasteiger partial charge >= 0.3 is 0 Å². The summed E-state index contributed by atoms with van der Waals surface area (Å²) in [6.07, 6.45) is 1.45. The molecule has 1 aliphatic heterocycles. The molecule has 1 amide bonds. The number of carbonyl (C=O) groups excluding carboxylic acids is 1. The maximum absolute atomic E-state index is 11.8. The summed E-state index contributed by atoms with van der Waals surface area (Å²) in [7, 11) is 0. The SMILES string of the molecule is CCCOc1ccc(C(C)N2CC(Cl)CC2=O)cc1. The van der Waals surface area contributed by atoms with Crippen LogP contribution in [-0.4, -0.2) is 29.3 Å². The van der Waals surface area contributed by atoms with Gasteiger partial charge < -0.3 is 9.64 Å². The number of benzene rings is 1. The molecule has 4 heteroatoms. The Balaban J connectivity index is 2.03. The minimum Gasteiger partial charge on any atom is -0.494 e. The van der Waals surface area contributed by atoms with Crippen LogP contribution in [-0.2, 0) is 4.79 Å². The lowest BCUT2D eigenvalue weighted by Gasteiger charge is -2.24. The summed E-state index contributed by atoms with van der Waals surface area (Å²) in [4.78, 5) is 13.7. The van der Waals surface area contributed by atoms with Gasteiger partial charge in [0.15, 0.2) is 0 Å². The number of hydrogen-bond acceptors (Lipinski definition) is 2. The van der Waals surface area contributed by atoms with Crippen molar-refractivity contribution >= 4 is 17.5 Å². The zero-order chi connectivity index (χ0) is 13.8. The predicted octanol–water partition coefficient (Wildman–Crippen LogP) is 3.38. The van der Waals surface area contributed by atoms with Crippen molar-refractivity contribution in [3.05, 3.63) is 29.8 Å². The van der Waals surface area contributed by atoms with Crippen LogP contribution < -0.4 is 4.74 Å². The zero-order valence-corrected chi connectivity index (χ0v) is 12.2. The highest BCUT2D eigenvalue weighted by atomic mass is 35.5. The summed E-state index contributed by atoms with van der Waals surface area (Å²) in [5.74, 6) is 1.01. The van der Waals surface area contributed by atoms with Crippen LogP contribution in [0.5, 0.6) is 5.75 Å². The molecule has 1 aliphatic rings. The Hall–Kier alpha value is -1.22. The number of nitrogens with zero attached hydrogens (tertiary/aromatic N) is 1. The zero-order valence-electron chi connectivity index (χ0n) is 11.4. The molecule has 0 aliphatic carbocycles. The second kappa shape index (κ2) is 6.29. The predicted molar refractivity (Wildman–Crippen MR) is 76.6 cm³/mol. The molecule has 19 heavy (non-hydrogen) atoms. The fraction of sp³-hybridized carbons (Fsp3) is 0.533. The molecule has 1 aromatic rings. The Bertz CT molecular complexity index is 432. The topological polar surface area (TPSA) is 29.5 Å². The average Bonchev–Trinajstić information content (AvgIpc) is 2.75. The number of alkyl halides is 1. The maximum Gasteiger partial charge on any atom is 0.224 e. The molecule has 2 unspecified atom stereocenters. The van der Waals surface area contributed by atoms with Gasteiger partial charge in [0.25, 0.3) is 0 Å². The number of ether oxygens (including phenoxy) is 1. The summed E-state index contributed by atoms with van der Waals surface area (Å²) >= 11 is 6.03. The molecule has 1 fully saturated rings. The summed E-state index contributed by atoms with van der Waals surface area (Å²) in [6, 6.07) is 8.02. The van der Waals surface area contributed by atoms with E-state index >= 15 is 0 Å². The molecule has 0 spiro atoms. The first kappa shape index (κ1) is 14.2. The van der Waals surface area contributed by atoms with Gasteiger partial charge in [-0.05, 0) is 31.0 Å². The van der Waals surface area contributed by atoms with Gasteiger partial charge in [0.05, 0.1) is 18.0 Å². The van der Waals surface area contributed by atoms with Gasteiger partial charge in [0.2, 0.25) is 5.91 Å². The number of likely N-dealkylation sites (tertiary alicyclic amines) is 1. The summed E-state index contributed by atoms with van der Waals surface area (Å²) < 4.78 is 5.55. The monoisotopic (exact) mass is 281 g/mol. The van der Waals surface area contributed by atoms with E-state index < -0.39 is 0 Å². The molecule has 0 bridgehead atoms. The van der Waals surface area contributed by atoms with Gasteiger partial charge in [-0.15, -0.1) is 11.6 Å². The molecule has 2 atom stereocenters. The van der Waals surface area contributed by atoms with E-state index in [1.165, 1.54) is 0 Å². The summed E-state index contributed by atoms with van der Waals surface area (Å²) in [6.45, 7) is 5.48. The van der Waals surface area contributed by atoms with E-state index in [-0.39, 0.29) is 17.3 Å². The van der Waals surface area contributed by atoms with E-state index in [1.807, 2.05) is 36.1 Å². The molecule has 0 radical (unpaired) electrons. The van der Waals surface area contributed by atoms with Gasteiger partial charge in [-0.25, -0.2) is 0 Å². The lowest BCUT2D eigenvalue weighted by molar-refractivity contribution is -0.129. The molecule has 104 valence electrons.